The lowest BCUT2D eigenvalue weighted by atomic mass is 9.99. The summed E-state index contributed by atoms with van der Waals surface area (Å²) in [4.78, 5) is 13.0. The smallest absolute Gasteiger partial charge is 0.394 e. The van der Waals surface area contributed by atoms with Crippen LogP contribution in [-0.2, 0) is 28.9 Å². The van der Waals surface area contributed by atoms with Gasteiger partial charge in [-0.15, -0.1) is 0 Å². The predicted octanol–water partition coefficient (Wildman–Crippen LogP) is 4.23. The number of aliphatic hydroxyl groups is 5. The van der Waals surface area contributed by atoms with Crippen LogP contribution in [0, 0.1) is 0 Å². The maximum atomic E-state index is 13.0. The van der Waals surface area contributed by atoms with Crippen molar-refractivity contribution in [2.75, 3.05) is 13.2 Å². The van der Waals surface area contributed by atoms with E-state index in [4.69, 9.17) is 14.0 Å². The Morgan fingerprint density at radius 2 is 1.31 bits per heavy atom. The Hall–Kier alpha value is -1.20. The Labute approximate surface area is 294 Å². The highest BCUT2D eigenvalue weighted by Gasteiger charge is 2.48. The maximum absolute atomic E-state index is 13.0. The number of unbranched alkanes of at least 4 members (excludes halogenated alkanes) is 15. The predicted molar refractivity (Wildman–Crippen MR) is 187 cm³/mol. The number of rotatable bonds is 30. The van der Waals surface area contributed by atoms with Crippen molar-refractivity contribution in [1.29, 1.82) is 0 Å². The van der Waals surface area contributed by atoms with Crippen molar-refractivity contribution in [3.63, 3.8) is 0 Å². The van der Waals surface area contributed by atoms with Crippen molar-refractivity contribution in [2.24, 2.45) is 0 Å². The van der Waals surface area contributed by atoms with E-state index >= 15 is 0 Å². The molecular formula is C35H67NO12S. The van der Waals surface area contributed by atoms with E-state index in [0.29, 0.717) is 19.3 Å². The van der Waals surface area contributed by atoms with E-state index < -0.39 is 78.5 Å². The van der Waals surface area contributed by atoms with Crippen LogP contribution in [0.1, 0.15) is 142 Å². The zero-order valence-electron chi connectivity index (χ0n) is 29.9. The van der Waals surface area contributed by atoms with Gasteiger partial charge in [0.05, 0.1) is 25.4 Å². The summed E-state index contributed by atoms with van der Waals surface area (Å²) in [7, 11) is -5.10. The number of nitrogens with one attached hydrogen (secondary N) is 1. The normalized spacial score (nSPS) is 23.5. The summed E-state index contributed by atoms with van der Waals surface area (Å²) in [6.45, 7) is 3.16. The molecule has 7 N–H and O–H groups in total. The van der Waals surface area contributed by atoms with Gasteiger partial charge >= 0.3 is 10.4 Å². The van der Waals surface area contributed by atoms with E-state index in [2.05, 4.69) is 35.5 Å². The van der Waals surface area contributed by atoms with Gasteiger partial charge in [-0.2, -0.15) is 8.42 Å². The van der Waals surface area contributed by atoms with Gasteiger partial charge in [-0.3, -0.25) is 9.35 Å². The van der Waals surface area contributed by atoms with Crippen LogP contribution in [0.25, 0.3) is 0 Å². The van der Waals surface area contributed by atoms with Gasteiger partial charge in [0.15, 0.2) is 6.29 Å². The Kier molecular flexibility index (Phi) is 25.7. The first-order chi connectivity index (χ1) is 23.4. The van der Waals surface area contributed by atoms with E-state index in [9.17, 15) is 38.7 Å². The molecule has 1 saturated heterocycles. The summed E-state index contributed by atoms with van der Waals surface area (Å²) < 4.78 is 47.2. The second-order valence-corrected chi connectivity index (χ2v) is 14.4. The molecule has 0 radical (unpaired) electrons. The van der Waals surface area contributed by atoms with Crippen LogP contribution in [0.2, 0.25) is 0 Å². The molecule has 14 heteroatoms. The first kappa shape index (κ1) is 45.8. The molecule has 8 atom stereocenters. The molecular weight excluding hydrogens is 658 g/mol. The molecule has 13 nitrogen and oxygen atoms in total. The molecule has 8 unspecified atom stereocenters. The quantitative estimate of drug-likeness (QED) is 0.0315. The second-order valence-electron chi connectivity index (χ2n) is 13.3. The summed E-state index contributed by atoms with van der Waals surface area (Å²) in [5, 5.41) is 54.8. The SMILES string of the molecule is CCCCCCCC/C=C\CCCCC(O)C(=O)NC(COC1OC(CO)C(O)C(OS(=O)(=O)O)C1O)C(O)CCCCCCCCCC. The molecule has 0 aromatic heterocycles. The van der Waals surface area contributed by atoms with Gasteiger partial charge < -0.3 is 40.3 Å². The lowest BCUT2D eigenvalue weighted by molar-refractivity contribution is -0.298. The summed E-state index contributed by atoms with van der Waals surface area (Å²) in [6.07, 6.45) is 13.0. The number of hydrogen-bond donors (Lipinski definition) is 7. The van der Waals surface area contributed by atoms with Gasteiger partial charge in [0, 0.05) is 0 Å². The summed E-state index contributed by atoms with van der Waals surface area (Å²) in [5.74, 6) is -0.691. The van der Waals surface area contributed by atoms with Gasteiger partial charge in [0.25, 0.3) is 0 Å². The van der Waals surface area contributed by atoms with E-state index in [-0.39, 0.29) is 6.42 Å². The first-order valence-electron chi connectivity index (χ1n) is 18.7. The highest BCUT2D eigenvalue weighted by Crippen LogP contribution is 2.26. The standard InChI is InChI=1S/C35H67NO12S/c1-3-5-7-9-11-13-14-15-16-18-20-22-24-29(39)34(42)36-27(28(38)23-21-19-17-12-10-8-6-4-2)26-46-35-32(41)33(48-49(43,44)45)31(40)30(25-37)47-35/h15-16,27-33,35,37-41H,3-14,17-26H2,1-2H3,(H,36,42)(H,43,44,45)/b16-15-. The minimum Gasteiger partial charge on any atom is -0.394 e. The van der Waals surface area contributed by atoms with Gasteiger partial charge in [-0.05, 0) is 38.5 Å². The molecule has 0 spiro atoms. The summed E-state index contributed by atoms with van der Waals surface area (Å²) in [5.41, 5.74) is 0. The van der Waals surface area contributed by atoms with E-state index in [1.165, 1.54) is 57.8 Å². The highest BCUT2D eigenvalue weighted by molar-refractivity contribution is 7.80. The average molecular weight is 726 g/mol. The third-order valence-corrected chi connectivity index (χ3v) is 9.40. The fourth-order valence-electron chi connectivity index (χ4n) is 5.87. The summed E-state index contributed by atoms with van der Waals surface area (Å²) in [6, 6.07) is -1.03. The molecule has 1 amide bonds. The zero-order valence-corrected chi connectivity index (χ0v) is 30.7. The molecule has 0 bridgehead atoms. The molecule has 1 aliphatic heterocycles. The Bertz CT molecular complexity index is 968. The second kappa shape index (κ2) is 27.5. The highest BCUT2D eigenvalue weighted by atomic mass is 32.3. The van der Waals surface area contributed by atoms with Crippen LogP contribution in [0.4, 0.5) is 0 Å². The molecule has 1 rings (SSSR count). The van der Waals surface area contributed by atoms with Crippen molar-refractivity contribution in [3.05, 3.63) is 12.2 Å². The molecule has 0 aromatic carbocycles. The van der Waals surface area contributed by atoms with Gasteiger partial charge in [-0.1, -0.05) is 116 Å². The molecule has 1 aliphatic rings. The van der Waals surface area contributed by atoms with Crippen molar-refractivity contribution in [1.82, 2.24) is 5.32 Å². The van der Waals surface area contributed by atoms with Crippen molar-refractivity contribution >= 4 is 16.3 Å². The van der Waals surface area contributed by atoms with Crippen LogP contribution in [-0.4, -0.2) is 107 Å². The number of carbonyl (C=O) groups is 1. The van der Waals surface area contributed by atoms with Crippen LogP contribution in [0.5, 0.6) is 0 Å². The molecule has 1 heterocycles. The molecule has 49 heavy (non-hydrogen) atoms. The lowest BCUT2D eigenvalue weighted by Crippen LogP contribution is -2.61. The number of amides is 1. The number of carbonyl (C=O) groups excluding carboxylic acids is 1. The Morgan fingerprint density at radius 3 is 1.86 bits per heavy atom. The number of ether oxygens (including phenoxy) is 2. The Morgan fingerprint density at radius 1 is 0.796 bits per heavy atom. The lowest BCUT2D eigenvalue weighted by Gasteiger charge is -2.41. The van der Waals surface area contributed by atoms with Crippen LogP contribution in [0.15, 0.2) is 12.2 Å². The van der Waals surface area contributed by atoms with Crippen LogP contribution >= 0.6 is 0 Å². The fourth-order valence-corrected chi connectivity index (χ4v) is 6.38. The fraction of sp³-hybridized carbons (Fsp3) is 0.914. The number of allylic oxidation sites excluding steroid dienone is 2. The van der Waals surface area contributed by atoms with Gasteiger partial charge in [0.2, 0.25) is 5.91 Å². The van der Waals surface area contributed by atoms with E-state index in [1.807, 2.05) is 0 Å². The molecule has 0 aromatic rings. The van der Waals surface area contributed by atoms with Crippen molar-refractivity contribution in [2.45, 2.75) is 191 Å². The average Bonchev–Trinajstić information content (AvgIpc) is 3.06. The topological polar surface area (TPSA) is 212 Å². The van der Waals surface area contributed by atoms with E-state index in [0.717, 1.165) is 44.9 Å². The van der Waals surface area contributed by atoms with Crippen LogP contribution < -0.4 is 5.32 Å². The molecule has 290 valence electrons. The van der Waals surface area contributed by atoms with Crippen molar-refractivity contribution in [3.8, 4) is 0 Å². The third-order valence-electron chi connectivity index (χ3n) is 8.93. The minimum atomic E-state index is -5.10. The first-order valence-corrected chi connectivity index (χ1v) is 20.0. The summed E-state index contributed by atoms with van der Waals surface area (Å²) >= 11 is 0. The third kappa shape index (κ3) is 21.0. The minimum absolute atomic E-state index is 0.230. The Balaban J connectivity index is 2.70. The monoisotopic (exact) mass is 725 g/mol. The zero-order chi connectivity index (χ0) is 36.5. The van der Waals surface area contributed by atoms with E-state index in [1.54, 1.807) is 0 Å². The molecule has 1 fully saturated rings. The molecule has 0 aliphatic carbocycles. The largest absolute Gasteiger partial charge is 0.397 e. The van der Waals surface area contributed by atoms with Gasteiger partial charge in [0.1, 0.15) is 30.5 Å². The number of hydrogen-bond acceptors (Lipinski definition) is 11. The number of aliphatic hydroxyl groups excluding tert-OH is 5. The van der Waals surface area contributed by atoms with Crippen LogP contribution in [0.3, 0.4) is 0 Å². The molecule has 0 saturated carbocycles. The maximum Gasteiger partial charge on any atom is 0.397 e. The van der Waals surface area contributed by atoms with Gasteiger partial charge in [-0.25, -0.2) is 4.18 Å². The van der Waals surface area contributed by atoms with Crippen molar-refractivity contribution < 1.29 is 57.0 Å².